The first-order chi connectivity index (χ1) is 9.74. The highest BCUT2D eigenvalue weighted by molar-refractivity contribution is 5.97. The van der Waals surface area contributed by atoms with Crippen molar-refractivity contribution >= 4 is 22.7 Å². The van der Waals surface area contributed by atoms with Gasteiger partial charge in [0.1, 0.15) is 5.75 Å². The molecule has 20 heavy (non-hydrogen) atoms. The Labute approximate surface area is 118 Å². The van der Waals surface area contributed by atoms with Crippen molar-refractivity contribution in [2.24, 2.45) is 4.99 Å². The van der Waals surface area contributed by atoms with E-state index in [0.717, 1.165) is 22.0 Å². The van der Waals surface area contributed by atoms with Crippen LogP contribution in [0.25, 0.3) is 10.8 Å². The number of phenolic OH excluding ortho intramolecular Hbond substituents is 1. The average Bonchev–Trinajstić information content (AvgIpc) is 2.47. The Morgan fingerprint density at radius 2 is 1.80 bits per heavy atom. The van der Waals surface area contributed by atoms with Crippen LogP contribution in [-0.4, -0.2) is 11.3 Å². The van der Waals surface area contributed by atoms with Gasteiger partial charge in [-0.05, 0) is 36.1 Å². The molecular formula is C18H15NO. The molecule has 98 valence electrons. The number of aromatic hydroxyl groups is 1. The van der Waals surface area contributed by atoms with Crippen LogP contribution in [0.3, 0.4) is 0 Å². The summed E-state index contributed by atoms with van der Waals surface area (Å²) in [7, 11) is 0. The summed E-state index contributed by atoms with van der Waals surface area (Å²) in [5.74, 6) is 0.277. The predicted octanol–water partition coefficient (Wildman–Crippen LogP) is 4.60. The molecule has 0 amide bonds. The van der Waals surface area contributed by atoms with Crippen LogP contribution in [0.4, 0.5) is 5.69 Å². The van der Waals surface area contributed by atoms with Gasteiger partial charge in [-0.2, -0.15) is 0 Å². The van der Waals surface area contributed by atoms with Gasteiger partial charge in [-0.25, -0.2) is 0 Å². The van der Waals surface area contributed by atoms with Gasteiger partial charge in [0.2, 0.25) is 0 Å². The second-order valence-corrected chi connectivity index (χ2v) is 4.82. The molecule has 0 unspecified atom stereocenters. The van der Waals surface area contributed by atoms with Crippen molar-refractivity contribution in [3.05, 3.63) is 71.8 Å². The molecule has 0 aliphatic carbocycles. The Morgan fingerprint density at radius 1 is 0.950 bits per heavy atom. The fourth-order valence-corrected chi connectivity index (χ4v) is 2.23. The molecule has 0 fully saturated rings. The van der Waals surface area contributed by atoms with Crippen LogP contribution in [0.1, 0.15) is 11.1 Å². The van der Waals surface area contributed by atoms with Crippen LogP contribution in [0, 0.1) is 6.92 Å². The molecule has 0 bridgehead atoms. The first-order valence-corrected chi connectivity index (χ1v) is 6.55. The minimum Gasteiger partial charge on any atom is -0.507 e. The molecule has 3 aromatic rings. The topological polar surface area (TPSA) is 32.6 Å². The monoisotopic (exact) mass is 261 g/mol. The van der Waals surface area contributed by atoms with Crippen LogP contribution in [0.15, 0.2) is 65.7 Å². The molecule has 0 aliphatic rings. The third-order valence-electron chi connectivity index (χ3n) is 3.29. The number of aryl methyl sites for hydroxylation is 1. The molecular weight excluding hydrogens is 246 g/mol. The number of rotatable bonds is 2. The van der Waals surface area contributed by atoms with E-state index in [0.29, 0.717) is 0 Å². The molecule has 2 nitrogen and oxygen atoms in total. The van der Waals surface area contributed by atoms with E-state index in [1.807, 2.05) is 67.6 Å². The van der Waals surface area contributed by atoms with Crippen molar-refractivity contribution < 1.29 is 5.11 Å². The first-order valence-electron chi connectivity index (χ1n) is 6.55. The van der Waals surface area contributed by atoms with E-state index >= 15 is 0 Å². The molecule has 0 spiro atoms. The van der Waals surface area contributed by atoms with E-state index in [1.165, 1.54) is 5.56 Å². The first kappa shape index (κ1) is 12.4. The molecule has 3 rings (SSSR count). The van der Waals surface area contributed by atoms with Gasteiger partial charge in [0, 0.05) is 17.2 Å². The third kappa shape index (κ3) is 2.41. The highest BCUT2D eigenvalue weighted by Crippen LogP contribution is 2.27. The Morgan fingerprint density at radius 3 is 2.65 bits per heavy atom. The highest BCUT2D eigenvalue weighted by Gasteiger charge is 2.03. The Balaban J connectivity index is 2.01. The standard InChI is InChI=1S/C18H15NO/c1-13-5-4-7-16(11-13)19-12-15-10-9-14-6-2-3-8-17(14)18(15)20/h2-12,20H,1H3. The molecule has 0 radical (unpaired) electrons. The summed E-state index contributed by atoms with van der Waals surface area (Å²) in [4.78, 5) is 4.42. The summed E-state index contributed by atoms with van der Waals surface area (Å²) < 4.78 is 0. The van der Waals surface area contributed by atoms with Gasteiger partial charge < -0.3 is 5.11 Å². The van der Waals surface area contributed by atoms with Crippen molar-refractivity contribution in [2.75, 3.05) is 0 Å². The minimum atomic E-state index is 0.277. The van der Waals surface area contributed by atoms with Crippen LogP contribution < -0.4 is 0 Å². The lowest BCUT2D eigenvalue weighted by atomic mass is 10.1. The van der Waals surface area contributed by atoms with E-state index in [9.17, 15) is 5.11 Å². The fraction of sp³-hybridized carbons (Fsp3) is 0.0556. The van der Waals surface area contributed by atoms with Gasteiger partial charge in [0.15, 0.2) is 0 Å². The van der Waals surface area contributed by atoms with Gasteiger partial charge in [0.05, 0.1) is 5.69 Å². The van der Waals surface area contributed by atoms with Gasteiger partial charge in [-0.15, -0.1) is 0 Å². The van der Waals surface area contributed by atoms with Gasteiger partial charge in [-0.1, -0.05) is 42.5 Å². The van der Waals surface area contributed by atoms with Crippen molar-refractivity contribution in [3.63, 3.8) is 0 Å². The van der Waals surface area contributed by atoms with E-state index in [1.54, 1.807) is 6.21 Å². The van der Waals surface area contributed by atoms with E-state index < -0.39 is 0 Å². The molecule has 1 N–H and O–H groups in total. The summed E-state index contributed by atoms with van der Waals surface area (Å²) >= 11 is 0. The summed E-state index contributed by atoms with van der Waals surface area (Å²) in [6, 6.07) is 19.6. The quantitative estimate of drug-likeness (QED) is 0.671. The van der Waals surface area contributed by atoms with E-state index in [2.05, 4.69) is 4.99 Å². The van der Waals surface area contributed by atoms with Crippen LogP contribution >= 0.6 is 0 Å². The number of fused-ring (bicyclic) bond motifs is 1. The minimum absolute atomic E-state index is 0.277. The maximum absolute atomic E-state index is 10.3. The second-order valence-electron chi connectivity index (χ2n) is 4.82. The number of aliphatic imine (C=N–C) groups is 1. The predicted molar refractivity (Wildman–Crippen MR) is 84.0 cm³/mol. The normalized spacial score (nSPS) is 11.2. The van der Waals surface area contributed by atoms with Crippen molar-refractivity contribution in [3.8, 4) is 5.75 Å². The molecule has 0 heterocycles. The highest BCUT2D eigenvalue weighted by atomic mass is 16.3. The lowest BCUT2D eigenvalue weighted by molar-refractivity contribution is 0.481. The Bertz CT molecular complexity index is 790. The summed E-state index contributed by atoms with van der Waals surface area (Å²) in [6.07, 6.45) is 1.70. The lowest BCUT2D eigenvalue weighted by Crippen LogP contribution is -1.84. The maximum atomic E-state index is 10.3. The van der Waals surface area contributed by atoms with Crippen LogP contribution in [0.2, 0.25) is 0 Å². The Hall–Kier alpha value is -2.61. The smallest absolute Gasteiger partial charge is 0.132 e. The summed E-state index contributed by atoms with van der Waals surface area (Å²) in [5, 5.41) is 12.2. The molecule has 0 atom stereocenters. The molecule has 2 heteroatoms. The summed E-state index contributed by atoms with van der Waals surface area (Å²) in [6.45, 7) is 2.03. The molecule has 0 aromatic heterocycles. The SMILES string of the molecule is Cc1cccc(N=Cc2ccc3ccccc3c2O)c1. The third-order valence-corrected chi connectivity index (χ3v) is 3.29. The zero-order valence-electron chi connectivity index (χ0n) is 11.2. The van der Waals surface area contributed by atoms with Gasteiger partial charge in [0.25, 0.3) is 0 Å². The Kier molecular flexibility index (Phi) is 3.21. The average molecular weight is 261 g/mol. The summed E-state index contributed by atoms with van der Waals surface area (Å²) in [5.41, 5.74) is 2.78. The number of phenols is 1. The fourth-order valence-electron chi connectivity index (χ4n) is 2.23. The van der Waals surface area contributed by atoms with Gasteiger partial charge >= 0.3 is 0 Å². The molecule has 0 aliphatic heterocycles. The number of hydrogen-bond acceptors (Lipinski definition) is 2. The lowest BCUT2D eigenvalue weighted by Gasteiger charge is -2.04. The zero-order valence-corrected chi connectivity index (χ0v) is 11.2. The van der Waals surface area contributed by atoms with Crippen LogP contribution in [0.5, 0.6) is 5.75 Å². The number of benzene rings is 3. The zero-order chi connectivity index (χ0) is 13.9. The van der Waals surface area contributed by atoms with Gasteiger partial charge in [-0.3, -0.25) is 4.99 Å². The second kappa shape index (κ2) is 5.17. The maximum Gasteiger partial charge on any atom is 0.132 e. The van der Waals surface area contributed by atoms with E-state index in [-0.39, 0.29) is 5.75 Å². The number of nitrogens with zero attached hydrogens (tertiary/aromatic N) is 1. The molecule has 0 saturated carbocycles. The van der Waals surface area contributed by atoms with E-state index in [4.69, 9.17) is 0 Å². The number of hydrogen-bond donors (Lipinski definition) is 1. The van der Waals surface area contributed by atoms with Crippen molar-refractivity contribution in [2.45, 2.75) is 6.92 Å². The van der Waals surface area contributed by atoms with Crippen molar-refractivity contribution in [1.29, 1.82) is 0 Å². The van der Waals surface area contributed by atoms with Crippen molar-refractivity contribution in [1.82, 2.24) is 0 Å². The molecule has 3 aromatic carbocycles. The molecule has 0 saturated heterocycles. The van der Waals surface area contributed by atoms with Crippen LogP contribution in [-0.2, 0) is 0 Å². The largest absolute Gasteiger partial charge is 0.507 e.